The van der Waals surface area contributed by atoms with Crippen molar-refractivity contribution in [2.75, 3.05) is 13.7 Å². The van der Waals surface area contributed by atoms with E-state index >= 15 is 0 Å². The molecule has 2 aromatic rings. The van der Waals surface area contributed by atoms with Crippen LogP contribution in [0, 0.1) is 0 Å². The minimum atomic E-state index is -0.0988. The second-order valence-corrected chi connectivity index (χ2v) is 4.32. The maximum absolute atomic E-state index is 12.4. The SMILES string of the molecule is CCCOc1cncc(C(=O)c2cccc(OC)c2)c1. The van der Waals surface area contributed by atoms with Crippen molar-refractivity contribution in [1.82, 2.24) is 4.98 Å². The van der Waals surface area contributed by atoms with Crippen LogP contribution in [0.5, 0.6) is 11.5 Å². The van der Waals surface area contributed by atoms with Crippen molar-refractivity contribution in [2.24, 2.45) is 0 Å². The Hall–Kier alpha value is -2.36. The van der Waals surface area contributed by atoms with E-state index in [1.165, 1.54) is 0 Å². The van der Waals surface area contributed by atoms with Crippen LogP contribution in [0.25, 0.3) is 0 Å². The molecule has 4 heteroatoms. The van der Waals surface area contributed by atoms with Gasteiger partial charge in [0.15, 0.2) is 5.78 Å². The molecule has 1 heterocycles. The smallest absolute Gasteiger partial charge is 0.194 e. The Morgan fingerprint density at radius 3 is 2.70 bits per heavy atom. The number of pyridine rings is 1. The standard InChI is InChI=1S/C16H17NO3/c1-3-7-20-15-9-13(10-17-11-15)16(18)12-5-4-6-14(8-12)19-2/h4-6,8-11H,3,7H2,1-2H3. The van der Waals surface area contributed by atoms with E-state index < -0.39 is 0 Å². The largest absolute Gasteiger partial charge is 0.497 e. The fraction of sp³-hybridized carbons (Fsp3) is 0.250. The third kappa shape index (κ3) is 3.35. The summed E-state index contributed by atoms with van der Waals surface area (Å²) < 4.78 is 10.6. The predicted octanol–water partition coefficient (Wildman–Crippen LogP) is 3.11. The minimum Gasteiger partial charge on any atom is -0.497 e. The van der Waals surface area contributed by atoms with Crippen molar-refractivity contribution in [3.8, 4) is 11.5 Å². The molecule has 0 radical (unpaired) electrons. The number of carbonyl (C=O) groups excluding carboxylic acids is 1. The molecule has 0 aliphatic rings. The molecule has 0 bridgehead atoms. The number of methoxy groups -OCH3 is 1. The monoisotopic (exact) mass is 271 g/mol. The first-order valence-electron chi connectivity index (χ1n) is 6.51. The molecule has 0 atom stereocenters. The molecule has 0 fully saturated rings. The van der Waals surface area contributed by atoms with Gasteiger partial charge in [0, 0.05) is 17.3 Å². The van der Waals surface area contributed by atoms with Gasteiger partial charge in [-0.1, -0.05) is 19.1 Å². The van der Waals surface area contributed by atoms with E-state index in [-0.39, 0.29) is 5.78 Å². The quantitative estimate of drug-likeness (QED) is 0.757. The summed E-state index contributed by atoms with van der Waals surface area (Å²) in [7, 11) is 1.57. The zero-order valence-corrected chi connectivity index (χ0v) is 11.6. The van der Waals surface area contributed by atoms with Crippen LogP contribution in [-0.4, -0.2) is 24.5 Å². The van der Waals surface area contributed by atoms with Crippen molar-refractivity contribution in [1.29, 1.82) is 0 Å². The molecule has 0 aliphatic heterocycles. The minimum absolute atomic E-state index is 0.0988. The lowest BCUT2D eigenvalue weighted by Crippen LogP contribution is -2.03. The van der Waals surface area contributed by atoms with Crippen LogP contribution >= 0.6 is 0 Å². The van der Waals surface area contributed by atoms with Gasteiger partial charge in [0.2, 0.25) is 0 Å². The summed E-state index contributed by atoms with van der Waals surface area (Å²) in [6.07, 6.45) is 4.06. The Bertz CT molecular complexity index is 596. The maximum atomic E-state index is 12.4. The lowest BCUT2D eigenvalue weighted by Gasteiger charge is -2.07. The van der Waals surface area contributed by atoms with Gasteiger partial charge >= 0.3 is 0 Å². The summed E-state index contributed by atoms with van der Waals surface area (Å²) >= 11 is 0. The van der Waals surface area contributed by atoms with Gasteiger partial charge in [-0.2, -0.15) is 0 Å². The molecular formula is C16H17NO3. The summed E-state index contributed by atoms with van der Waals surface area (Å²) in [6, 6.07) is 8.77. The summed E-state index contributed by atoms with van der Waals surface area (Å²) in [5.41, 5.74) is 1.07. The highest BCUT2D eigenvalue weighted by Crippen LogP contribution is 2.18. The van der Waals surface area contributed by atoms with E-state index in [1.54, 1.807) is 49.8 Å². The van der Waals surface area contributed by atoms with Crippen LogP contribution in [0.3, 0.4) is 0 Å². The van der Waals surface area contributed by atoms with Crippen molar-refractivity contribution in [3.63, 3.8) is 0 Å². The first kappa shape index (κ1) is 14.1. The Balaban J connectivity index is 2.23. The number of hydrogen-bond donors (Lipinski definition) is 0. The van der Waals surface area contributed by atoms with Gasteiger partial charge in [-0.05, 0) is 24.6 Å². The van der Waals surface area contributed by atoms with E-state index in [2.05, 4.69) is 4.98 Å². The molecule has 0 N–H and O–H groups in total. The summed E-state index contributed by atoms with van der Waals surface area (Å²) in [6.45, 7) is 2.64. The highest BCUT2D eigenvalue weighted by molar-refractivity contribution is 6.09. The zero-order valence-electron chi connectivity index (χ0n) is 11.6. The number of ketones is 1. The van der Waals surface area contributed by atoms with Crippen molar-refractivity contribution < 1.29 is 14.3 Å². The lowest BCUT2D eigenvalue weighted by atomic mass is 10.0. The van der Waals surface area contributed by atoms with E-state index in [0.29, 0.717) is 29.2 Å². The van der Waals surface area contributed by atoms with Crippen LogP contribution in [0.4, 0.5) is 0 Å². The third-order valence-electron chi connectivity index (χ3n) is 2.78. The molecule has 1 aromatic carbocycles. The van der Waals surface area contributed by atoms with Gasteiger partial charge in [-0.25, -0.2) is 0 Å². The third-order valence-corrected chi connectivity index (χ3v) is 2.78. The zero-order chi connectivity index (χ0) is 14.4. The summed E-state index contributed by atoms with van der Waals surface area (Å²) in [5.74, 6) is 1.17. The van der Waals surface area contributed by atoms with Crippen LogP contribution < -0.4 is 9.47 Å². The molecule has 2 rings (SSSR count). The van der Waals surface area contributed by atoms with Gasteiger partial charge in [0.1, 0.15) is 11.5 Å². The Labute approximate surface area is 118 Å². The summed E-state index contributed by atoms with van der Waals surface area (Å²) in [5, 5.41) is 0. The van der Waals surface area contributed by atoms with Crippen LogP contribution in [0.2, 0.25) is 0 Å². The average molecular weight is 271 g/mol. The Morgan fingerprint density at radius 1 is 1.15 bits per heavy atom. The normalized spacial score (nSPS) is 10.1. The molecule has 0 saturated carbocycles. The molecule has 104 valence electrons. The first-order chi connectivity index (χ1) is 9.74. The van der Waals surface area contributed by atoms with E-state index in [9.17, 15) is 4.79 Å². The van der Waals surface area contributed by atoms with Crippen LogP contribution in [0.15, 0.2) is 42.7 Å². The number of hydrogen-bond acceptors (Lipinski definition) is 4. The van der Waals surface area contributed by atoms with Gasteiger partial charge in [-0.3, -0.25) is 9.78 Å². The predicted molar refractivity (Wildman–Crippen MR) is 76.4 cm³/mol. The molecule has 4 nitrogen and oxygen atoms in total. The van der Waals surface area contributed by atoms with Gasteiger partial charge in [0.05, 0.1) is 19.9 Å². The fourth-order valence-corrected chi connectivity index (χ4v) is 1.77. The molecule has 0 unspecified atom stereocenters. The second-order valence-electron chi connectivity index (χ2n) is 4.32. The molecule has 0 spiro atoms. The van der Waals surface area contributed by atoms with Crippen LogP contribution in [-0.2, 0) is 0 Å². The first-order valence-corrected chi connectivity index (χ1v) is 6.51. The highest BCUT2D eigenvalue weighted by Gasteiger charge is 2.11. The second kappa shape index (κ2) is 6.70. The molecule has 0 aliphatic carbocycles. The van der Waals surface area contributed by atoms with E-state index in [4.69, 9.17) is 9.47 Å². The Morgan fingerprint density at radius 2 is 1.95 bits per heavy atom. The number of ether oxygens (including phenoxy) is 2. The summed E-state index contributed by atoms with van der Waals surface area (Å²) in [4.78, 5) is 16.4. The molecule has 1 aromatic heterocycles. The average Bonchev–Trinajstić information content (AvgIpc) is 2.52. The number of aromatic nitrogens is 1. The van der Waals surface area contributed by atoms with Gasteiger partial charge in [-0.15, -0.1) is 0 Å². The van der Waals surface area contributed by atoms with Crippen molar-refractivity contribution in [2.45, 2.75) is 13.3 Å². The van der Waals surface area contributed by atoms with Gasteiger partial charge < -0.3 is 9.47 Å². The number of nitrogens with zero attached hydrogens (tertiary/aromatic N) is 1. The fourth-order valence-electron chi connectivity index (χ4n) is 1.77. The van der Waals surface area contributed by atoms with Gasteiger partial charge in [0.25, 0.3) is 0 Å². The lowest BCUT2D eigenvalue weighted by molar-refractivity contribution is 0.103. The van der Waals surface area contributed by atoms with Crippen molar-refractivity contribution >= 4 is 5.78 Å². The van der Waals surface area contributed by atoms with E-state index in [0.717, 1.165) is 6.42 Å². The molecule has 20 heavy (non-hydrogen) atoms. The van der Waals surface area contributed by atoms with E-state index in [1.807, 2.05) is 6.92 Å². The maximum Gasteiger partial charge on any atom is 0.194 e. The molecule has 0 saturated heterocycles. The Kier molecular flexibility index (Phi) is 4.71. The number of benzene rings is 1. The number of carbonyl (C=O) groups is 1. The van der Waals surface area contributed by atoms with Crippen molar-refractivity contribution in [3.05, 3.63) is 53.9 Å². The molecule has 0 amide bonds. The molecular weight excluding hydrogens is 254 g/mol. The highest BCUT2D eigenvalue weighted by atomic mass is 16.5. The van der Waals surface area contributed by atoms with Crippen LogP contribution in [0.1, 0.15) is 29.3 Å². The number of rotatable bonds is 6. The topological polar surface area (TPSA) is 48.4 Å².